The lowest BCUT2D eigenvalue weighted by molar-refractivity contribution is -0.139. The highest BCUT2D eigenvalue weighted by Gasteiger charge is 2.14. The van der Waals surface area contributed by atoms with E-state index in [9.17, 15) is 9.59 Å². The van der Waals surface area contributed by atoms with E-state index in [0.29, 0.717) is 28.0 Å². The Morgan fingerprint density at radius 3 is 2.50 bits per heavy atom. The zero-order valence-corrected chi connectivity index (χ0v) is 17.1. The summed E-state index contributed by atoms with van der Waals surface area (Å²) in [6.07, 6.45) is 2.12. The molecule has 0 aliphatic heterocycles. The summed E-state index contributed by atoms with van der Waals surface area (Å²) in [4.78, 5) is 23.3. The molecule has 0 aliphatic carbocycles. The SMILES string of the molecule is CC[C@@H](C)NC(=O)C(=O)N/N=C\c1ccc(OCc2ccc(Cl)cc2)c(Cl)c1. The van der Waals surface area contributed by atoms with Crippen molar-refractivity contribution >= 4 is 41.2 Å². The second-order valence-corrected chi connectivity index (χ2v) is 6.93. The number of carbonyl (C=O) groups is 2. The Bertz CT molecular complexity index is 854. The molecule has 0 heterocycles. The van der Waals surface area contributed by atoms with Gasteiger partial charge in [-0.3, -0.25) is 9.59 Å². The Kier molecular flexibility index (Phi) is 8.29. The molecule has 2 rings (SSSR count). The normalized spacial score (nSPS) is 11.9. The molecule has 0 aliphatic rings. The second-order valence-electron chi connectivity index (χ2n) is 6.09. The number of rotatable bonds is 7. The molecular formula is C20H21Cl2N3O3. The van der Waals surface area contributed by atoms with Crippen LogP contribution in [0, 0.1) is 0 Å². The smallest absolute Gasteiger partial charge is 0.329 e. The van der Waals surface area contributed by atoms with Gasteiger partial charge < -0.3 is 10.1 Å². The Morgan fingerprint density at radius 1 is 1.14 bits per heavy atom. The maximum atomic E-state index is 11.7. The predicted octanol–water partition coefficient (Wildman–Crippen LogP) is 3.94. The van der Waals surface area contributed by atoms with Gasteiger partial charge in [0.15, 0.2) is 0 Å². The molecule has 2 N–H and O–H groups in total. The van der Waals surface area contributed by atoms with E-state index in [1.165, 1.54) is 6.21 Å². The summed E-state index contributed by atoms with van der Waals surface area (Å²) in [5.41, 5.74) is 3.79. The van der Waals surface area contributed by atoms with E-state index in [1.807, 2.05) is 26.0 Å². The van der Waals surface area contributed by atoms with Gasteiger partial charge in [-0.05, 0) is 54.8 Å². The third-order valence-electron chi connectivity index (χ3n) is 3.84. The Hall–Kier alpha value is -2.57. The highest BCUT2D eigenvalue weighted by Crippen LogP contribution is 2.26. The van der Waals surface area contributed by atoms with Crippen LogP contribution in [-0.2, 0) is 16.2 Å². The average molecular weight is 422 g/mol. The number of amides is 2. The van der Waals surface area contributed by atoms with Crippen molar-refractivity contribution in [2.75, 3.05) is 0 Å². The summed E-state index contributed by atoms with van der Waals surface area (Å²) in [6, 6.07) is 12.3. The summed E-state index contributed by atoms with van der Waals surface area (Å²) in [5, 5.41) is 7.39. The van der Waals surface area contributed by atoms with Crippen LogP contribution in [0.1, 0.15) is 31.4 Å². The maximum Gasteiger partial charge on any atom is 0.329 e. The van der Waals surface area contributed by atoms with Crippen molar-refractivity contribution in [3.05, 3.63) is 63.6 Å². The van der Waals surface area contributed by atoms with Crippen molar-refractivity contribution < 1.29 is 14.3 Å². The molecule has 0 radical (unpaired) electrons. The van der Waals surface area contributed by atoms with Gasteiger partial charge in [-0.2, -0.15) is 5.10 Å². The molecular weight excluding hydrogens is 401 g/mol. The minimum atomic E-state index is -0.828. The third-order valence-corrected chi connectivity index (χ3v) is 4.39. The molecule has 2 amide bonds. The van der Waals surface area contributed by atoms with Crippen molar-refractivity contribution in [3.63, 3.8) is 0 Å². The van der Waals surface area contributed by atoms with E-state index >= 15 is 0 Å². The van der Waals surface area contributed by atoms with Crippen LogP contribution < -0.4 is 15.5 Å². The first-order valence-corrected chi connectivity index (χ1v) is 9.45. The highest BCUT2D eigenvalue weighted by molar-refractivity contribution is 6.35. The van der Waals surface area contributed by atoms with Gasteiger partial charge in [-0.25, -0.2) is 5.43 Å². The molecule has 1 atom stereocenters. The van der Waals surface area contributed by atoms with Crippen LogP contribution in [-0.4, -0.2) is 24.1 Å². The number of nitrogens with zero attached hydrogens (tertiary/aromatic N) is 1. The fourth-order valence-electron chi connectivity index (χ4n) is 2.06. The Labute approximate surface area is 173 Å². The van der Waals surface area contributed by atoms with Gasteiger partial charge in [0.05, 0.1) is 11.2 Å². The fourth-order valence-corrected chi connectivity index (χ4v) is 2.43. The van der Waals surface area contributed by atoms with Crippen LogP contribution in [0.2, 0.25) is 10.0 Å². The molecule has 0 bridgehead atoms. The molecule has 8 heteroatoms. The average Bonchev–Trinajstić information content (AvgIpc) is 2.68. The molecule has 0 unspecified atom stereocenters. The zero-order chi connectivity index (χ0) is 20.5. The monoisotopic (exact) mass is 421 g/mol. The summed E-state index contributed by atoms with van der Waals surface area (Å²) in [6.45, 7) is 4.08. The van der Waals surface area contributed by atoms with Crippen molar-refractivity contribution in [1.82, 2.24) is 10.7 Å². The van der Waals surface area contributed by atoms with Gasteiger partial charge in [0, 0.05) is 11.1 Å². The lowest BCUT2D eigenvalue weighted by Crippen LogP contribution is -2.41. The number of ether oxygens (including phenoxy) is 1. The molecule has 0 aromatic heterocycles. The maximum absolute atomic E-state index is 11.7. The van der Waals surface area contributed by atoms with Crippen molar-refractivity contribution in [3.8, 4) is 5.75 Å². The number of carbonyl (C=O) groups excluding carboxylic acids is 2. The number of hydrogen-bond acceptors (Lipinski definition) is 4. The van der Waals surface area contributed by atoms with E-state index in [1.54, 1.807) is 30.3 Å². The van der Waals surface area contributed by atoms with Gasteiger partial charge in [0.1, 0.15) is 12.4 Å². The lowest BCUT2D eigenvalue weighted by atomic mass is 10.2. The van der Waals surface area contributed by atoms with Crippen molar-refractivity contribution in [1.29, 1.82) is 0 Å². The van der Waals surface area contributed by atoms with E-state index in [0.717, 1.165) is 12.0 Å². The van der Waals surface area contributed by atoms with E-state index in [4.69, 9.17) is 27.9 Å². The van der Waals surface area contributed by atoms with E-state index in [-0.39, 0.29) is 6.04 Å². The van der Waals surface area contributed by atoms with Crippen LogP contribution in [0.25, 0.3) is 0 Å². The first-order valence-electron chi connectivity index (χ1n) is 8.69. The van der Waals surface area contributed by atoms with Crippen LogP contribution in [0.15, 0.2) is 47.6 Å². The van der Waals surface area contributed by atoms with Crippen LogP contribution in [0.4, 0.5) is 0 Å². The number of hydrogen-bond donors (Lipinski definition) is 2. The Balaban J connectivity index is 1.89. The quantitative estimate of drug-likeness (QED) is 0.403. The molecule has 28 heavy (non-hydrogen) atoms. The van der Waals surface area contributed by atoms with Crippen LogP contribution >= 0.6 is 23.2 Å². The van der Waals surface area contributed by atoms with Gasteiger partial charge in [-0.15, -0.1) is 0 Å². The number of nitrogens with one attached hydrogen (secondary N) is 2. The second kappa shape index (κ2) is 10.7. The fraction of sp³-hybridized carbons (Fsp3) is 0.250. The first kappa shape index (κ1) is 21.7. The standard InChI is InChI=1S/C20H21Cl2N3O3/c1-3-13(2)24-19(26)20(27)25-23-11-15-6-9-18(17(22)10-15)28-12-14-4-7-16(21)8-5-14/h4-11,13H,3,12H2,1-2H3,(H,24,26)(H,25,27)/b23-11-/t13-/m1/s1. The number of hydrazone groups is 1. The number of benzene rings is 2. The van der Waals surface area contributed by atoms with E-state index in [2.05, 4.69) is 15.8 Å². The summed E-state index contributed by atoms with van der Waals surface area (Å²) in [5.74, 6) is -1.04. The predicted molar refractivity (Wildman–Crippen MR) is 111 cm³/mol. The molecule has 0 saturated heterocycles. The third kappa shape index (κ3) is 6.87. The summed E-state index contributed by atoms with van der Waals surface area (Å²) in [7, 11) is 0. The number of halogens is 2. The molecule has 0 fully saturated rings. The highest BCUT2D eigenvalue weighted by atomic mass is 35.5. The van der Waals surface area contributed by atoms with Crippen LogP contribution in [0.3, 0.4) is 0 Å². The van der Waals surface area contributed by atoms with Gasteiger partial charge in [0.2, 0.25) is 0 Å². The minimum absolute atomic E-state index is 0.0820. The zero-order valence-electron chi connectivity index (χ0n) is 15.5. The summed E-state index contributed by atoms with van der Waals surface area (Å²) < 4.78 is 5.70. The molecule has 2 aromatic rings. The minimum Gasteiger partial charge on any atom is -0.487 e. The first-order chi connectivity index (χ1) is 13.4. The van der Waals surface area contributed by atoms with Crippen LogP contribution in [0.5, 0.6) is 5.75 Å². The molecule has 6 nitrogen and oxygen atoms in total. The molecule has 0 saturated carbocycles. The van der Waals surface area contributed by atoms with Crippen molar-refractivity contribution in [2.45, 2.75) is 32.9 Å². The molecule has 148 valence electrons. The van der Waals surface area contributed by atoms with Crippen molar-refractivity contribution in [2.24, 2.45) is 5.10 Å². The van der Waals surface area contributed by atoms with Gasteiger partial charge in [-0.1, -0.05) is 42.3 Å². The van der Waals surface area contributed by atoms with Gasteiger partial charge in [0.25, 0.3) is 0 Å². The molecule has 0 spiro atoms. The lowest BCUT2D eigenvalue weighted by Gasteiger charge is -2.09. The molecule has 2 aromatic carbocycles. The van der Waals surface area contributed by atoms with Gasteiger partial charge >= 0.3 is 11.8 Å². The largest absolute Gasteiger partial charge is 0.487 e. The topological polar surface area (TPSA) is 79.8 Å². The Morgan fingerprint density at radius 2 is 1.86 bits per heavy atom. The summed E-state index contributed by atoms with van der Waals surface area (Å²) >= 11 is 12.1. The van der Waals surface area contributed by atoms with E-state index < -0.39 is 11.8 Å².